The number of carboxylic acids is 1. The third kappa shape index (κ3) is 1.92. The van der Waals surface area contributed by atoms with Crippen molar-refractivity contribution in [2.24, 2.45) is 13.0 Å². The van der Waals surface area contributed by atoms with Crippen LogP contribution in [0.4, 0.5) is 0 Å². The number of aromatic carboxylic acids is 1. The Bertz CT molecular complexity index is 767. The van der Waals surface area contributed by atoms with Gasteiger partial charge in [-0.15, -0.1) is 0 Å². The van der Waals surface area contributed by atoms with E-state index >= 15 is 0 Å². The Balaban J connectivity index is 2.04. The van der Waals surface area contributed by atoms with E-state index in [-0.39, 0.29) is 22.2 Å². The molecule has 1 saturated carbocycles. The minimum atomic E-state index is -4.01. The third-order valence-electron chi connectivity index (χ3n) is 4.78. The number of sulfonamides is 1. The summed E-state index contributed by atoms with van der Waals surface area (Å²) >= 11 is 0. The van der Waals surface area contributed by atoms with Crippen molar-refractivity contribution in [2.45, 2.75) is 43.2 Å². The molecule has 1 saturated heterocycles. The molecule has 8 nitrogen and oxygen atoms in total. The Morgan fingerprint density at radius 1 is 1.50 bits per heavy atom. The van der Waals surface area contributed by atoms with E-state index in [4.69, 9.17) is 4.74 Å². The zero-order chi connectivity index (χ0) is 16.5. The maximum absolute atomic E-state index is 12.8. The van der Waals surface area contributed by atoms with Gasteiger partial charge in [0.2, 0.25) is 10.0 Å². The van der Waals surface area contributed by atoms with Crippen molar-refractivity contribution in [2.75, 3.05) is 6.61 Å². The zero-order valence-corrected chi connectivity index (χ0v) is 13.7. The fourth-order valence-corrected chi connectivity index (χ4v) is 5.42. The number of hydrogen-bond acceptors (Lipinski definition) is 5. The van der Waals surface area contributed by atoms with Crippen molar-refractivity contribution in [3.05, 3.63) is 11.4 Å². The molecular weight excluding hydrogens is 310 g/mol. The highest BCUT2D eigenvalue weighted by Gasteiger charge is 2.70. The number of fused-ring (bicyclic) bond motifs is 1. The van der Waals surface area contributed by atoms with Crippen LogP contribution in [0.2, 0.25) is 0 Å². The number of carbonyl (C=O) groups is 1. The van der Waals surface area contributed by atoms with Gasteiger partial charge in [-0.1, -0.05) is 0 Å². The average Bonchev–Trinajstić information content (AvgIpc) is 2.88. The molecule has 9 heteroatoms. The topological polar surface area (TPSA) is 111 Å². The molecule has 2 aliphatic rings. The van der Waals surface area contributed by atoms with Gasteiger partial charge >= 0.3 is 5.97 Å². The summed E-state index contributed by atoms with van der Waals surface area (Å²) in [7, 11) is -2.60. The van der Waals surface area contributed by atoms with Gasteiger partial charge in [0.1, 0.15) is 4.90 Å². The molecule has 122 valence electrons. The summed E-state index contributed by atoms with van der Waals surface area (Å²) in [6.45, 7) is 5.68. The van der Waals surface area contributed by atoms with Gasteiger partial charge in [0, 0.05) is 13.0 Å². The first-order valence-electron chi connectivity index (χ1n) is 6.97. The number of aryl methyl sites for hydroxylation is 2. The van der Waals surface area contributed by atoms with Crippen LogP contribution < -0.4 is 4.72 Å². The highest BCUT2D eigenvalue weighted by Crippen LogP contribution is 2.58. The summed E-state index contributed by atoms with van der Waals surface area (Å²) in [5.41, 5.74) is -1.46. The highest BCUT2D eigenvalue weighted by atomic mass is 32.2. The summed E-state index contributed by atoms with van der Waals surface area (Å²) in [4.78, 5) is 11.1. The van der Waals surface area contributed by atoms with E-state index in [2.05, 4.69) is 9.82 Å². The lowest BCUT2D eigenvalue weighted by Gasteiger charge is -2.30. The summed E-state index contributed by atoms with van der Waals surface area (Å²) < 4.78 is 35.0. The Hall–Kier alpha value is -1.45. The van der Waals surface area contributed by atoms with E-state index in [0.29, 0.717) is 13.0 Å². The van der Waals surface area contributed by atoms with Gasteiger partial charge in [-0.3, -0.25) is 4.68 Å². The van der Waals surface area contributed by atoms with Gasteiger partial charge < -0.3 is 9.84 Å². The van der Waals surface area contributed by atoms with Gasteiger partial charge in [-0.05, 0) is 27.2 Å². The van der Waals surface area contributed by atoms with Crippen LogP contribution in [0.25, 0.3) is 0 Å². The number of aromatic nitrogens is 2. The van der Waals surface area contributed by atoms with E-state index < -0.39 is 27.1 Å². The number of nitrogens with zero attached hydrogens (tertiary/aromatic N) is 2. The first kappa shape index (κ1) is 15.4. The number of carboxylic acid groups (broad SMARTS) is 1. The summed E-state index contributed by atoms with van der Waals surface area (Å²) in [6, 6.07) is 0. The van der Waals surface area contributed by atoms with Crippen LogP contribution in [-0.2, 0) is 21.8 Å². The second kappa shape index (κ2) is 4.30. The average molecular weight is 329 g/mol. The third-order valence-corrected chi connectivity index (χ3v) is 6.44. The minimum Gasteiger partial charge on any atom is -0.476 e. The molecule has 1 aromatic heterocycles. The van der Waals surface area contributed by atoms with E-state index in [9.17, 15) is 18.3 Å². The van der Waals surface area contributed by atoms with Crippen molar-refractivity contribution in [3.8, 4) is 0 Å². The van der Waals surface area contributed by atoms with Gasteiger partial charge in [-0.25, -0.2) is 17.9 Å². The number of ether oxygens (including phenoxy) is 1. The number of rotatable bonds is 4. The predicted octanol–water partition coefficient (Wildman–Crippen LogP) is 0.273. The Labute approximate surface area is 128 Å². The predicted molar refractivity (Wildman–Crippen MR) is 76.1 cm³/mol. The van der Waals surface area contributed by atoms with Crippen LogP contribution in [0.3, 0.4) is 0 Å². The molecule has 22 heavy (non-hydrogen) atoms. The normalized spacial score (nSPS) is 29.4. The van der Waals surface area contributed by atoms with Crippen LogP contribution in [-0.4, -0.2) is 47.0 Å². The standard InChI is InChI=1S/C13H19N3O5S/c1-7-10(9(11(17)18)16(4)14-7)22(19,20)15-13-5-8(13)6-21-12(13,2)3/h8,15H,5-6H2,1-4H3,(H,17,18). The molecule has 1 aliphatic heterocycles. The minimum absolute atomic E-state index is 0.127. The Morgan fingerprint density at radius 2 is 2.14 bits per heavy atom. The van der Waals surface area contributed by atoms with Gasteiger partial charge in [0.25, 0.3) is 0 Å². The van der Waals surface area contributed by atoms with Crippen LogP contribution in [0.15, 0.2) is 4.90 Å². The summed E-state index contributed by atoms with van der Waals surface area (Å²) in [5.74, 6) is -1.20. The molecule has 0 aromatic carbocycles. The van der Waals surface area contributed by atoms with E-state index in [1.54, 1.807) is 0 Å². The Morgan fingerprint density at radius 3 is 2.59 bits per heavy atom. The number of hydrogen-bond donors (Lipinski definition) is 2. The molecule has 2 N–H and O–H groups in total. The van der Waals surface area contributed by atoms with Crippen LogP contribution in [0, 0.1) is 12.8 Å². The fourth-order valence-electron chi connectivity index (χ4n) is 3.44. The first-order chi connectivity index (χ1) is 10.0. The fraction of sp³-hybridized carbons (Fsp3) is 0.692. The van der Waals surface area contributed by atoms with Crippen LogP contribution in [0.1, 0.15) is 36.5 Å². The maximum Gasteiger partial charge on any atom is 0.355 e. The molecule has 2 unspecified atom stereocenters. The monoisotopic (exact) mass is 329 g/mol. The van der Waals surface area contributed by atoms with E-state index in [0.717, 1.165) is 4.68 Å². The van der Waals surface area contributed by atoms with Crippen molar-refractivity contribution in [1.82, 2.24) is 14.5 Å². The zero-order valence-electron chi connectivity index (χ0n) is 12.9. The van der Waals surface area contributed by atoms with Crippen molar-refractivity contribution < 1.29 is 23.1 Å². The smallest absolute Gasteiger partial charge is 0.355 e. The molecule has 2 atom stereocenters. The molecule has 0 amide bonds. The quantitative estimate of drug-likeness (QED) is 0.820. The van der Waals surface area contributed by atoms with Crippen molar-refractivity contribution >= 4 is 16.0 Å². The van der Waals surface area contributed by atoms with Crippen molar-refractivity contribution in [3.63, 3.8) is 0 Å². The second-order valence-corrected chi connectivity index (χ2v) is 8.11. The van der Waals surface area contributed by atoms with E-state index in [1.807, 2.05) is 13.8 Å². The Kier molecular flexibility index (Phi) is 3.02. The number of nitrogens with one attached hydrogen (secondary N) is 1. The van der Waals surface area contributed by atoms with E-state index in [1.165, 1.54) is 14.0 Å². The maximum atomic E-state index is 12.8. The molecule has 0 radical (unpaired) electrons. The highest BCUT2D eigenvalue weighted by molar-refractivity contribution is 7.89. The SMILES string of the molecule is Cc1nn(C)c(C(=O)O)c1S(=O)(=O)NC12CC1COC2(C)C. The lowest BCUT2D eigenvalue weighted by molar-refractivity contribution is -0.00471. The van der Waals surface area contributed by atoms with Crippen LogP contribution >= 0.6 is 0 Å². The molecule has 2 fully saturated rings. The van der Waals surface area contributed by atoms with Gasteiger partial charge in [0.05, 0.1) is 23.4 Å². The largest absolute Gasteiger partial charge is 0.476 e. The van der Waals surface area contributed by atoms with Gasteiger partial charge in [-0.2, -0.15) is 5.10 Å². The summed E-state index contributed by atoms with van der Waals surface area (Å²) in [5, 5.41) is 13.2. The summed E-state index contributed by atoms with van der Waals surface area (Å²) in [6.07, 6.45) is 0.695. The van der Waals surface area contributed by atoms with Crippen LogP contribution in [0.5, 0.6) is 0 Å². The van der Waals surface area contributed by atoms with Gasteiger partial charge in [0.15, 0.2) is 5.69 Å². The molecule has 3 rings (SSSR count). The molecule has 2 heterocycles. The molecule has 0 bridgehead atoms. The lowest BCUT2D eigenvalue weighted by atomic mass is 9.97. The second-order valence-electron chi connectivity index (χ2n) is 6.49. The molecule has 0 spiro atoms. The molecule has 1 aliphatic carbocycles. The molecule has 1 aromatic rings. The first-order valence-corrected chi connectivity index (χ1v) is 8.45. The lowest BCUT2D eigenvalue weighted by Crippen LogP contribution is -2.51. The molecular formula is C13H19N3O5S. The van der Waals surface area contributed by atoms with Crippen molar-refractivity contribution in [1.29, 1.82) is 0 Å².